The second-order valence-corrected chi connectivity index (χ2v) is 2.26. The van der Waals surface area contributed by atoms with Crippen LogP contribution in [0, 0.1) is 11.8 Å². The molecule has 2 unspecified atom stereocenters. The van der Waals surface area contributed by atoms with Gasteiger partial charge in [0.1, 0.15) is 12.6 Å². The molecule has 0 aliphatic carbocycles. The number of aldehydes is 2. The molecule has 0 heterocycles. The number of rotatable bonds is 5. The van der Waals surface area contributed by atoms with Crippen molar-refractivity contribution in [2.24, 2.45) is 11.8 Å². The van der Waals surface area contributed by atoms with Crippen LogP contribution in [-0.4, -0.2) is 18.4 Å². The van der Waals surface area contributed by atoms with Crippen LogP contribution in [0.25, 0.3) is 0 Å². The molecular weight excluding hydrogens is 144 g/mol. The Labute approximate surface area is 65.1 Å². The number of carbonyl (C=O) groups is 3. The van der Waals surface area contributed by atoms with E-state index in [0.717, 1.165) is 6.08 Å². The van der Waals surface area contributed by atoms with Crippen molar-refractivity contribution in [3.05, 3.63) is 12.7 Å². The van der Waals surface area contributed by atoms with E-state index in [1.807, 2.05) is 0 Å². The van der Waals surface area contributed by atoms with E-state index in [2.05, 4.69) is 6.58 Å². The lowest BCUT2D eigenvalue weighted by Crippen LogP contribution is -2.22. The lowest BCUT2D eigenvalue weighted by atomic mass is 9.93. The molecule has 0 saturated carbocycles. The van der Waals surface area contributed by atoms with E-state index in [4.69, 9.17) is 0 Å². The minimum Gasteiger partial charge on any atom is -0.303 e. The molecule has 0 spiro atoms. The van der Waals surface area contributed by atoms with Gasteiger partial charge in [-0.05, 0) is 6.08 Å². The van der Waals surface area contributed by atoms with Crippen LogP contribution in [0.4, 0.5) is 0 Å². The van der Waals surface area contributed by atoms with Crippen LogP contribution < -0.4 is 0 Å². The molecule has 0 amide bonds. The Bertz CT molecular complexity index is 184. The zero-order chi connectivity index (χ0) is 8.85. The largest absolute Gasteiger partial charge is 0.303 e. The first-order valence-electron chi connectivity index (χ1n) is 3.24. The van der Waals surface area contributed by atoms with Gasteiger partial charge in [-0.3, -0.25) is 4.79 Å². The third kappa shape index (κ3) is 2.45. The fourth-order valence-corrected chi connectivity index (χ4v) is 0.671. The molecule has 0 aromatic rings. The summed E-state index contributed by atoms with van der Waals surface area (Å²) >= 11 is 0. The lowest BCUT2D eigenvalue weighted by molar-refractivity contribution is -0.129. The fourth-order valence-electron chi connectivity index (χ4n) is 0.671. The molecule has 0 N–H and O–H groups in total. The third-order valence-corrected chi connectivity index (χ3v) is 1.46. The molecule has 0 radical (unpaired) electrons. The molecule has 0 aliphatic rings. The molecule has 0 rings (SSSR count). The minimum atomic E-state index is -0.856. The molecule has 0 fully saturated rings. The Balaban J connectivity index is 4.38. The van der Waals surface area contributed by atoms with Crippen molar-refractivity contribution < 1.29 is 14.4 Å². The van der Waals surface area contributed by atoms with Gasteiger partial charge in [0.05, 0.1) is 5.92 Å². The molecular formula is C8H10O3. The van der Waals surface area contributed by atoms with Gasteiger partial charge in [-0.2, -0.15) is 0 Å². The Morgan fingerprint density at radius 3 is 2.18 bits per heavy atom. The van der Waals surface area contributed by atoms with E-state index >= 15 is 0 Å². The van der Waals surface area contributed by atoms with Crippen LogP contribution in [0.1, 0.15) is 6.92 Å². The SMILES string of the molecule is C=CC(=O)C(C=O)C(C)C=O. The molecule has 0 aromatic heterocycles. The first-order valence-corrected chi connectivity index (χ1v) is 3.24. The molecule has 0 aliphatic heterocycles. The molecule has 2 atom stereocenters. The maximum atomic E-state index is 10.8. The van der Waals surface area contributed by atoms with Crippen LogP contribution in [0.15, 0.2) is 12.7 Å². The monoisotopic (exact) mass is 154 g/mol. The Morgan fingerprint density at radius 1 is 1.36 bits per heavy atom. The number of allylic oxidation sites excluding steroid dienone is 1. The maximum Gasteiger partial charge on any atom is 0.165 e. The van der Waals surface area contributed by atoms with Gasteiger partial charge in [0, 0.05) is 5.92 Å². The van der Waals surface area contributed by atoms with Crippen LogP contribution >= 0.6 is 0 Å². The van der Waals surface area contributed by atoms with Crippen molar-refractivity contribution in [3.8, 4) is 0 Å². The zero-order valence-corrected chi connectivity index (χ0v) is 6.32. The topological polar surface area (TPSA) is 51.2 Å². The van der Waals surface area contributed by atoms with Crippen molar-refractivity contribution in [1.82, 2.24) is 0 Å². The number of ketones is 1. The molecule has 3 heteroatoms. The summed E-state index contributed by atoms with van der Waals surface area (Å²) in [5.74, 6) is -1.82. The zero-order valence-electron chi connectivity index (χ0n) is 6.32. The normalized spacial score (nSPS) is 14.6. The standard InChI is InChI=1S/C8H10O3/c1-3-8(11)7(5-10)6(2)4-9/h3-7H,1H2,2H3. The highest BCUT2D eigenvalue weighted by atomic mass is 16.1. The van der Waals surface area contributed by atoms with Crippen LogP contribution in [0.3, 0.4) is 0 Å². The summed E-state index contributed by atoms with van der Waals surface area (Å²) in [6, 6.07) is 0. The summed E-state index contributed by atoms with van der Waals surface area (Å²) < 4.78 is 0. The Hall–Kier alpha value is -1.25. The summed E-state index contributed by atoms with van der Waals surface area (Å²) in [5, 5.41) is 0. The predicted molar refractivity (Wildman–Crippen MR) is 40.0 cm³/mol. The lowest BCUT2D eigenvalue weighted by Gasteiger charge is -2.07. The average Bonchev–Trinajstić information content (AvgIpc) is 2.05. The van der Waals surface area contributed by atoms with Crippen molar-refractivity contribution in [3.63, 3.8) is 0 Å². The van der Waals surface area contributed by atoms with Crippen molar-refractivity contribution in [1.29, 1.82) is 0 Å². The average molecular weight is 154 g/mol. The van der Waals surface area contributed by atoms with Gasteiger partial charge in [-0.25, -0.2) is 0 Å². The molecule has 3 nitrogen and oxygen atoms in total. The van der Waals surface area contributed by atoms with E-state index in [1.165, 1.54) is 6.92 Å². The molecule has 60 valence electrons. The number of hydrogen-bond acceptors (Lipinski definition) is 3. The predicted octanol–water partition coefficient (Wildman–Crippen LogP) is 0.392. The van der Waals surface area contributed by atoms with E-state index in [-0.39, 0.29) is 0 Å². The van der Waals surface area contributed by atoms with Crippen LogP contribution in [0.5, 0.6) is 0 Å². The molecule has 11 heavy (non-hydrogen) atoms. The van der Waals surface area contributed by atoms with E-state index in [9.17, 15) is 14.4 Å². The summed E-state index contributed by atoms with van der Waals surface area (Å²) in [6.07, 6.45) is 2.11. The summed E-state index contributed by atoms with van der Waals surface area (Å²) in [7, 11) is 0. The van der Waals surface area contributed by atoms with E-state index in [1.54, 1.807) is 0 Å². The number of carbonyl (C=O) groups excluding carboxylic acids is 3. The third-order valence-electron chi connectivity index (χ3n) is 1.46. The summed E-state index contributed by atoms with van der Waals surface area (Å²) in [4.78, 5) is 31.3. The van der Waals surface area contributed by atoms with Gasteiger partial charge in [-0.1, -0.05) is 13.5 Å². The fraction of sp³-hybridized carbons (Fsp3) is 0.375. The smallest absolute Gasteiger partial charge is 0.165 e. The van der Waals surface area contributed by atoms with Gasteiger partial charge in [0.25, 0.3) is 0 Å². The highest BCUT2D eigenvalue weighted by molar-refractivity contribution is 6.02. The van der Waals surface area contributed by atoms with Gasteiger partial charge < -0.3 is 9.59 Å². The van der Waals surface area contributed by atoms with Crippen LogP contribution in [-0.2, 0) is 14.4 Å². The second kappa shape index (κ2) is 4.55. The second-order valence-electron chi connectivity index (χ2n) is 2.26. The number of hydrogen-bond donors (Lipinski definition) is 0. The summed E-state index contributed by atoms with van der Waals surface area (Å²) in [5.41, 5.74) is 0. The molecule has 0 aromatic carbocycles. The quantitative estimate of drug-likeness (QED) is 0.327. The highest BCUT2D eigenvalue weighted by Gasteiger charge is 2.21. The van der Waals surface area contributed by atoms with Gasteiger partial charge in [0.15, 0.2) is 5.78 Å². The first-order chi connectivity index (χ1) is 5.17. The van der Waals surface area contributed by atoms with Gasteiger partial charge in [0.2, 0.25) is 0 Å². The van der Waals surface area contributed by atoms with Gasteiger partial charge >= 0.3 is 0 Å². The molecule has 0 saturated heterocycles. The first kappa shape index (κ1) is 9.75. The highest BCUT2D eigenvalue weighted by Crippen LogP contribution is 2.07. The van der Waals surface area contributed by atoms with Crippen molar-refractivity contribution in [2.75, 3.05) is 0 Å². The van der Waals surface area contributed by atoms with E-state index < -0.39 is 17.6 Å². The van der Waals surface area contributed by atoms with Gasteiger partial charge in [-0.15, -0.1) is 0 Å². The Kier molecular flexibility index (Phi) is 4.03. The summed E-state index contributed by atoms with van der Waals surface area (Å²) in [6.45, 7) is 4.74. The minimum absolute atomic E-state index is 0.403. The van der Waals surface area contributed by atoms with Crippen molar-refractivity contribution >= 4 is 18.4 Å². The molecule has 0 bridgehead atoms. The Morgan fingerprint density at radius 2 is 1.91 bits per heavy atom. The maximum absolute atomic E-state index is 10.8. The van der Waals surface area contributed by atoms with Crippen LogP contribution in [0.2, 0.25) is 0 Å². The van der Waals surface area contributed by atoms with E-state index in [0.29, 0.717) is 12.6 Å². The van der Waals surface area contributed by atoms with Crippen molar-refractivity contribution in [2.45, 2.75) is 6.92 Å².